The fourth-order valence-corrected chi connectivity index (χ4v) is 3.64. The topological polar surface area (TPSA) is 76.5 Å². The highest BCUT2D eigenvalue weighted by atomic mass is 16.5. The van der Waals surface area contributed by atoms with E-state index < -0.39 is 0 Å². The minimum absolute atomic E-state index is 0.0711. The maximum Gasteiger partial charge on any atom is 0.227 e. The summed E-state index contributed by atoms with van der Waals surface area (Å²) < 4.78 is 7.44. The van der Waals surface area contributed by atoms with Crippen LogP contribution in [0.2, 0.25) is 0 Å². The highest BCUT2D eigenvalue weighted by Crippen LogP contribution is 2.20. The smallest absolute Gasteiger partial charge is 0.227 e. The Morgan fingerprint density at radius 2 is 1.72 bits per heavy atom. The molecule has 1 amide bonds. The summed E-state index contributed by atoms with van der Waals surface area (Å²) in [6.45, 7) is 10.3. The molecule has 7 heteroatoms. The van der Waals surface area contributed by atoms with Crippen LogP contribution in [0.4, 0.5) is 5.95 Å². The maximum atomic E-state index is 12.6. The SMILES string of the molecule is CCOc1ccc(C(=O)CCC(=O)Nc2nc3ccccc3n2CCN(CC)CC)cc1. The number of fused-ring (bicyclic) bond motifs is 1. The van der Waals surface area contributed by atoms with E-state index in [-0.39, 0.29) is 24.5 Å². The predicted molar refractivity (Wildman–Crippen MR) is 127 cm³/mol. The Labute approximate surface area is 189 Å². The first kappa shape index (κ1) is 23.5. The largest absolute Gasteiger partial charge is 0.494 e. The molecule has 0 unspecified atom stereocenters. The van der Waals surface area contributed by atoms with Crippen LogP contribution in [-0.4, -0.2) is 52.4 Å². The predicted octanol–water partition coefficient (Wildman–Crippen LogP) is 4.38. The minimum Gasteiger partial charge on any atom is -0.494 e. The second kappa shape index (κ2) is 11.4. The number of ether oxygens (including phenoxy) is 1. The van der Waals surface area contributed by atoms with Crippen LogP contribution in [0.5, 0.6) is 5.75 Å². The average molecular weight is 437 g/mol. The molecule has 3 rings (SSSR count). The summed E-state index contributed by atoms with van der Waals surface area (Å²) >= 11 is 0. The molecule has 0 saturated heterocycles. The standard InChI is InChI=1S/C25H32N4O3/c1-4-28(5-2)17-18-29-22-10-8-7-9-21(22)26-25(29)27-24(31)16-15-23(30)19-11-13-20(14-12-19)32-6-3/h7-14H,4-6,15-18H2,1-3H3,(H,26,27,31). The Morgan fingerprint density at radius 3 is 2.41 bits per heavy atom. The molecule has 32 heavy (non-hydrogen) atoms. The van der Waals surface area contributed by atoms with Crippen LogP contribution >= 0.6 is 0 Å². The van der Waals surface area contributed by atoms with Crippen LogP contribution in [0.15, 0.2) is 48.5 Å². The van der Waals surface area contributed by atoms with Gasteiger partial charge in [-0.3, -0.25) is 14.9 Å². The first-order valence-corrected chi connectivity index (χ1v) is 11.3. The molecule has 0 atom stereocenters. The fourth-order valence-electron chi connectivity index (χ4n) is 3.64. The Kier molecular flexibility index (Phi) is 8.39. The van der Waals surface area contributed by atoms with Crippen LogP contribution in [0.1, 0.15) is 44.0 Å². The molecule has 0 aliphatic carbocycles. The van der Waals surface area contributed by atoms with Gasteiger partial charge in [0.25, 0.3) is 0 Å². The molecule has 2 aromatic carbocycles. The van der Waals surface area contributed by atoms with Gasteiger partial charge in [0.15, 0.2) is 5.78 Å². The van der Waals surface area contributed by atoms with E-state index in [1.165, 1.54) is 0 Å². The summed E-state index contributed by atoms with van der Waals surface area (Å²) in [7, 11) is 0. The molecule has 0 spiro atoms. The Hall–Kier alpha value is -3.19. The van der Waals surface area contributed by atoms with Gasteiger partial charge in [0.1, 0.15) is 5.75 Å². The molecule has 7 nitrogen and oxygen atoms in total. The van der Waals surface area contributed by atoms with Gasteiger partial charge in [-0.2, -0.15) is 0 Å². The molecule has 0 aliphatic heterocycles. The number of carbonyl (C=O) groups excluding carboxylic acids is 2. The van der Waals surface area contributed by atoms with Crippen molar-refractivity contribution >= 4 is 28.7 Å². The zero-order valence-corrected chi connectivity index (χ0v) is 19.1. The number of imidazole rings is 1. The molecule has 1 heterocycles. The number of likely N-dealkylation sites (N-methyl/N-ethyl adjacent to an activating group) is 1. The van der Waals surface area contributed by atoms with Gasteiger partial charge >= 0.3 is 0 Å². The van der Waals surface area contributed by atoms with Crippen molar-refractivity contribution in [1.29, 1.82) is 0 Å². The molecular formula is C25H32N4O3. The number of hydrogen-bond acceptors (Lipinski definition) is 5. The highest BCUT2D eigenvalue weighted by molar-refractivity contribution is 6.00. The number of carbonyl (C=O) groups is 2. The molecule has 0 saturated carbocycles. The Morgan fingerprint density at radius 1 is 1.00 bits per heavy atom. The van der Waals surface area contributed by atoms with E-state index in [0.29, 0.717) is 18.1 Å². The van der Waals surface area contributed by atoms with Crippen molar-refractivity contribution in [3.8, 4) is 5.75 Å². The van der Waals surface area contributed by atoms with Crippen LogP contribution in [0, 0.1) is 0 Å². The average Bonchev–Trinajstić information content (AvgIpc) is 3.15. The van der Waals surface area contributed by atoms with Crippen LogP contribution in [0.3, 0.4) is 0 Å². The van der Waals surface area contributed by atoms with Crippen LogP contribution in [-0.2, 0) is 11.3 Å². The number of para-hydroxylation sites is 2. The van der Waals surface area contributed by atoms with E-state index in [1.807, 2.05) is 35.8 Å². The molecule has 0 fully saturated rings. The summed E-state index contributed by atoms with van der Waals surface area (Å²) in [5.74, 6) is 0.962. The fraction of sp³-hybridized carbons (Fsp3) is 0.400. The zero-order valence-electron chi connectivity index (χ0n) is 19.1. The summed E-state index contributed by atoms with van der Waals surface area (Å²) in [5.41, 5.74) is 2.40. The second-order valence-electron chi connectivity index (χ2n) is 7.53. The van der Waals surface area contributed by atoms with Gasteiger partial charge in [0.05, 0.1) is 17.6 Å². The third-order valence-corrected chi connectivity index (χ3v) is 5.51. The first-order valence-electron chi connectivity index (χ1n) is 11.3. The molecular weight excluding hydrogens is 404 g/mol. The van der Waals surface area contributed by atoms with Crippen LogP contribution in [0.25, 0.3) is 11.0 Å². The third kappa shape index (κ3) is 5.95. The molecule has 3 aromatic rings. The van der Waals surface area contributed by atoms with Gasteiger partial charge in [-0.25, -0.2) is 4.98 Å². The van der Waals surface area contributed by atoms with E-state index in [4.69, 9.17) is 4.74 Å². The molecule has 170 valence electrons. The van der Waals surface area contributed by atoms with E-state index in [2.05, 4.69) is 29.0 Å². The Bertz CT molecular complexity index is 1040. The van der Waals surface area contributed by atoms with Gasteiger partial charge < -0.3 is 14.2 Å². The quantitative estimate of drug-likeness (QED) is 0.427. The number of nitrogens with zero attached hydrogens (tertiary/aromatic N) is 3. The van der Waals surface area contributed by atoms with Crippen molar-refractivity contribution in [2.24, 2.45) is 0 Å². The van der Waals surface area contributed by atoms with Crippen molar-refractivity contribution in [1.82, 2.24) is 14.5 Å². The van der Waals surface area contributed by atoms with Gasteiger partial charge in [0.2, 0.25) is 11.9 Å². The summed E-state index contributed by atoms with van der Waals surface area (Å²) in [6, 6.07) is 14.9. The second-order valence-corrected chi connectivity index (χ2v) is 7.53. The number of aromatic nitrogens is 2. The summed E-state index contributed by atoms with van der Waals surface area (Å²) in [5, 5.41) is 2.91. The minimum atomic E-state index is -0.219. The Balaban J connectivity index is 1.64. The lowest BCUT2D eigenvalue weighted by Crippen LogP contribution is -2.27. The summed E-state index contributed by atoms with van der Waals surface area (Å²) in [6.07, 6.45) is 0.241. The number of benzene rings is 2. The van der Waals surface area contributed by atoms with E-state index in [1.54, 1.807) is 24.3 Å². The van der Waals surface area contributed by atoms with Crippen molar-refractivity contribution in [3.05, 3.63) is 54.1 Å². The van der Waals surface area contributed by atoms with Crippen LogP contribution < -0.4 is 10.1 Å². The number of amides is 1. The number of Topliss-reactive ketones (excluding diaryl/α,β-unsaturated/α-hetero) is 1. The third-order valence-electron chi connectivity index (χ3n) is 5.51. The van der Waals surface area contributed by atoms with E-state index in [0.717, 1.165) is 43.0 Å². The van der Waals surface area contributed by atoms with Crippen molar-refractivity contribution in [2.45, 2.75) is 40.2 Å². The molecule has 1 aromatic heterocycles. The number of ketones is 1. The molecule has 0 radical (unpaired) electrons. The number of anilines is 1. The van der Waals surface area contributed by atoms with E-state index in [9.17, 15) is 9.59 Å². The maximum absolute atomic E-state index is 12.6. The van der Waals surface area contributed by atoms with Gasteiger partial charge in [-0.15, -0.1) is 0 Å². The molecule has 0 aliphatic rings. The number of rotatable bonds is 12. The van der Waals surface area contributed by atoms with Gasteiger partial charge in [-0.05, 0) is 56.4 Å². The van der Waals surface area contributed by atoms with Gasteiger partial charge in [-0.1, -0.05) is 26.0 Å². The number of nitrogens with one attached hydrogen (secondary N) is 1. The van der Waals surface area contributed by atoms with Crippen molar-refractivity contribution in [3.63, 3.8) is 0 Å². The summed E-state index contributed by atoms with van der Waals surface area (Å²) in [4.78, 5) is 32.0. The highest BCUT2D eigenvalue weighted by Gasteiger charge is 2.15. The van der Waals surface area contributed by atoms with Gasteiger partial charge in [0, 0.05) is 31.5 Å². The zero-order chi connectivity index (χ0) is 22.9. The monoisotopic (exact) mass is 436 g/mol. The lowest BCUT2D eigenvalue weighted by atomic mass is 10.1. The normalized spacial score (nSPS) is 11.1. The molecule has 1 N–H and O–H groups in total. The first-order chi connectivity index (χ1) is 15.5. The number of hydrogen-bond donors (Lipinski definition) is 1. The molecule has 0 bridgehead atoms. The van der Waals surface area contributed by atoms with E-state index >= 15 is 0 Å². The van der Waals surface area contributed by atoms with Crippen molar-refractivity contribution in [2.75, 3.05) is 31.6 Å². The lowest BCUT2D eigenvalue weighted by molar-refractivity contribution is -0.116. The lowest BCUT2D eigenvalue weighted by Gasteiger charge is -2.19. The van der Waals surface area contributed by atoms with Crippen molar-refractivity contribution < 1.29 is 14.3 Å².